The molecule has 9 nitrogen and oxygen atoms in total. The van der Waals surface area contributed by atoms with Gasteiger partial charge in [-0.25, -0.2) is 14.0 Å². The van der Waals surface area contributed by atoms with Crippen LogP contribution in [0.3, 0.4) is 0 Å². The van der Waals surface area contributed by atoms with Crippen molar-refractivity contribution in [2.24, 2.45) is 7.05 Å². The highest BCUT2D eigenvalue weighted by Crippen LogP contribution is 2.31. The number of amides is 2. The average Bonchev–Trinajstić information content (AvgIpc) is 3.25. The van der Waals surface area contributed by atoms with Gasteiger partial charge >= 0.3 is 12.1 Å². The van der Waals surface area contributed by atoms with Crippen molar-refractivity contribution in [1.29, 1.82) is 0 Å². The van der Waals surface area contributed by atoms with Crippen LogP contribution >= 0.6 is 0 Å². The van der Waals surface area contributed by atoms with Crippen LogP contribution in [0.15, 0.2) is 78.9 Å². The second-order valence-corrected chi connectivity index (χ2v) is 9.47. The Labute approximate surface area is 237 Å². The van der Waals surface area contributed by atoms with Gasteiger partial charge in [0, 0.05) is 24.6 Å². The van der Waals surface area contributed by atoms with Crippen LogP contribution in [0.2, 0.25) is 0 Å². The highest BCUT2D eigenvalue weighted by molar-refractivity contribution is 5.98. The van der Waals surface area contributed by atoms with E-state index < -0.39 is 35.9 Å². The molecule has 0 saturated carbocycles. The van der Waals surface area contributed by atoms with Gasteiger partial charge in [0.15, 0.2) is 0 Å². The zero-order valence-electron chi connectivity index (χ0n) is 23.2. The molecule has 0 bridgehead atoms. The van der Waals surface area contributed by atoms with Crippen LogP contribution in [-0.4, -0.2) is 40.9 Å². The molecule has 4 aromatic rings. The topological polar surface area (TPSA) is 112 Å². The van der Waals surface area contributed by atoms with Crippen molar-refractivity contribution in [3.05, 3.63) is 107 Å². The molecule has 2 amide bonds. The number of methoxy groups -OCH3 is 1. The number of esters is 1. The molecule has 3 aromatic carbocycles. The maximum atomic E-state index is 13.3. The zero-order valence-corrected chi connectivity index (χ0v) is 23.2. The summed E-state index contributed by atoms with van der Waals surface area (Å²) in [5.41, 5.74) is 4.25. The molecule has 2 N–H and O–H groups in total. The Morgan fingerprint density at radius 1 is 0.976 bits per heavy atom. The van der Waals surface area contributed by atoms with E-state index in [1.54, 1.807) is 62.0 Å². The van der Waals surface area contributed by atoms with Crippen LogP contribution in [0.25, 0.3) is 11.3 Å². The van der Waals surface area contributed by atoms with Crippen LogP contribution < -0.4 is 10.6 Å². The summed E-state index contributed by atoms with van der Waals surface area (Å²) in [5, 5.41) is 9.94. The molecule has 4 rings (SSSR count). The molecule has 0 aliphatic heterocycles. The number of rotatable bonds is 9. The summed E-state index contributed by atoms with van der Waals surface area (Å²) in [6, 6.07) is 20.8. The fraction of sp³-hybridized carbons (Fsp3) is 0.226. The Morgan fingerprint density at radius 2 is 1.63 bits per heavy atom. The van der Waals surface area contributed by atoms with E-state index in [0.717, 1.165) is 5.56 Å². The molecule has 0 radical (unpaired) electrons. The predicted octanol–water partition coefficient (Wildman–Crippen LogP) is 5.36. The molecule has 1 heterocycles. The number of hydrogen-bond acceptors (Lipinski definition) is 6. The molecule has 1 aromatic heterocycles. The highest BCUT2D eigenvalue weighted by atomic mass is 19.1. The maximum absolute atomic E-state index is 13.3. The van der Waals surface area contributed by atoms with E-state index in [9.17, 15) is 18.8 Å². The van der Waals surface area contributed by atoms with E-state index in [0.29, 0.717) is 33.8 Å². The Morgan fingerprint density at radius 3 is 2.27 bits per heavy atom. The SMILES string of the molecule is COC(=O)[C@@H](Cc1ccc(F)cc1)NC(=O)c1ccc(-c2c(NC(=O)O[C@H](C)c3ccccc3)c(C)nn2C)cc1. The van der Waals surface area contributed by atoms with Gasteiger partial charge in [0.25, 0.3) is 5.91 Å². The van der Waals surface area contributed by atoms with Gasteiger partial charge in [0.1, 0.15) is 18.0 Å². The quantitative estimate of drug-likeness (QED) is 0.268. The van der Waals surface area contributed by atoms with Gasteiger partial charge < -0.3 is 14.8 Å². The first-order chi connectivity index (χ1) is 19.7. The Bertz CT molecular complexity index is 1520. The third-order valence-electron chi connectivity index (χ3n) is 6.57. The minimum Gasteiger partial charge on any atom is -0.467 e. The standard InChI is InChI=1S/C31H31FN4O5/c1-19-27(34-31(39)41-20(2)22-8-6-5-7-9-22)28(36(3)35-19)23-12-14-24(15-13-23)29(37)33-26(30(38)40-4)18-21-10-16-25(32)17-11-21/h5-17,20,26H,18H2,1-4H3,(H,33,37)(H,34,39)/t20-,26-/m1/s1. The summed E-state index contributed by atoms with van der Waals surface area (Å²) < 4.78 is 25.3. The zero-order chi connectivity index (χ0) is 29.5. The Hall–Kier alpha value is -4.99. The van der Waals surface area contributed by atoms with Crippen molar-refractivity contribution in [3.63, 3.8) is 0 Å². The molecule has 0 unspecified atom stereocenters. The van der Waals surface area contributed by atoms with Crippen molar-refractivity contribution in [1.82, 2.24) is 15.1 Å². The largest absolute Gasteiger partial charge is 0.467 e. The molecule has 212 valence electrons. The second-order valence-electron chi connectivity index (χ2n) is 9.47. The van der Waals surface area contributed by atoms with Crippen LogP contribution in [-0.2, 0) is 27.7 Å². The average molecular weight is 559 g/mol. The smallest absolute Gasteiger partial charge is 0.412 e. The van der Waals surface area contributed by atoms with Crippen molar-refractivity contribution >= 4 is 23.7 Å². The summed E-state index contributed by atoms with van der Waals surface area (Å²) in [6.07, 6.45) is -0.935. The third kappa shape index (κ3) is 7.16. The first-order valence-corrected chi connectivity index (χ1v) is 13.0. The molecule has 0 saturated heterocycles. The summed E-state index contributed by atoms with van der Waals surface area (Å²) in [4.78, 5) is 38.1. The number of ether oxygens (including phenoxy) is 2. The van der Waals surface area contributed by atoms with Crippen LogP contribution in [0.5, 0.6) is 0 Å². The van der Waals surface area contributed by atoms with Gasteiger partial charge in [-0.2, -0.15) is 5.10 Å². The van der Waals surface area contributed by atoms with Gasteiger partial charge in [0.05, 0.1) is 24.2 Å². The Balaban J connectivity index is 1.48. The number of halogens is 1. The highest BCUT2D eigenvalue weighted by Gasteiger charge is 2.24. The first-order valence-electron chi connectivity index (χ1n) is 13.0. The molecule has 0 fully saturated rings. The van der Waals surface area contributed by atoms with E-state index in [1.807, 2.05) is 30.3 Å². The van der Waals surface area contributed by atoms with Crippen LogP contribution in [0.4, 0.5) is 14.9 Å². The van der Waals surface area contributed by atoms with E-state index in [4.69, 9.17) is 9.47 Å². The Kier molecular flexibility index (Phi) is 9.13. The summed E-state index contributed by atoms with van der Waals surface area (Å²) in [7, 11) is 2.99. The number of nitrogens with zero attached hydrogens (tertiary/aromatic N) is 2. The third-order valence-corrected chi connectivity index (χ3v) is 6.57. The van der Waals surface area contributed by atoms with Gasteiger partial charge in [-0.05, 0) is 49.2 Å². The van der Waals surface area contributed by atoms with Crippen LogP contribution in [0, 0.1) is 12.7 Å². The fourth-order valence-electron chi connectivity index (χ4n) is 4.44. The molecular formula is C31H31FN4O5. The van der Waals surface area contributed by atoms with Gasteiger partial charge in [-0.1, -0.05) is 54.6 Å². The van der Waals surface area contributed by atoms with Crippen molar-refractivity contribution in [2.75, 3.05) is 12.4 Å². The number of carbonyl (C=O) groups is 3. The number of anilines is 1. The minimum absolute atomic E-state index is 0.138. The summed E-state index contributed by atoms with van der Waals surface area (Å²) in [6.45, 7) is 3.57. The number of carbonyl (C=O) groups excluding carboxylic acids is 3. The lowest BCUT2D eigenvalue weighted by atomic mass is 10.0. The minimum atomic E-state index is -0.961. The number of aromatic nitrogens is 2. The van der Waals surface area contributed by atoms with Gasteiger partial charge in [-0.15, -0.1) is 0 Å². The number of nitrogens with one attached hydrogen (secondary N) is 2. The van der Waals surface area contributed by atoms with E-state index in [2.05, 4.69) is 15.7 Å². The van der Waals surface area contributed by atoms with Crippen LogP contribution in [0.1, 0.15) is 40.2 Å². The lowest BCUT2D eigenvalue weighted by Crippen LogP contribution is -2.43. The molecule has 0 aliphatic carbocycles. The second kappa shape index (κ2) is 12.9. The van der Waals surface area contributed by atoms with Crippen molar-refractivity contribution in [2.45, 2.75) is 32.4 Å². The fourth-order valence-corrected chi connectivity index (χ4v) is 4.44. The van der Waals surface area contributed by atoms with Gasteiger partial charge in [0.2, 0.25) is 0 Å². The maximum Gasteiger partial charge on any atom is 0.412 e. The number of aryl methyl sites for hydroxylation is 2. The monoisotopic (exact) mass is 558 g/mol. The predicted molar refractivity (Wildman–Crippen MR) is 152 cm³/mol. The molecular weight excluding hydrogens is 527 g/mol. The molecule has 0 aliphatic rings. The summed E-state index contributed by atoms with van der Waals surface area (Å²) in [5.74, 6) is -1.49. The molecule has 2 atom stereocenters. The normalized spacial score (nSPS) is 12.2. The molecule has 10 heteroatoms. The van der Waals surface area contributed by atoms with E-state index in [-0.39, 0.29) is 6.42 Å². The lowest BCUT2D eigenvalue weighted by Gasteiger charge is -2.17. The number of benzene rings is 3. The first kappa shape index (κ1) is 29.0. The van der Waals surface area contributed by atoms with E-state index >= 15 is 0 Å². The van der Waals surface area contributed by atoms with Gasteiger partial charge in [-0.3, -0.25) is 14.8 Å². The number of hydrogen-bond donors (Lipinski definition) is 2. The summed E-state index contributed by atoms with van der Waals surface area (Å²) >= 11 is 0. The molecule has 41 heavy (non-hydrogen) atoms. The molecule has 0 spiro atoms. The van der Waals surface area contributed by atoms with E-state index in [1.165, 1.54) is 19.2 Å². The van der Waals surface area contributed by atoms with Crippen molar-refractivity contribution < 1.29 is 28.2 Å². The lowest BCUT2D eigenvalue weighted by molar-refractivity contribution is -0.142. The van der Waals surface area contributed by atoms with Crippen molar-refractivity contribution in [3.8, 4) is 11.3 Å².